The van der Waals surface area contributed by atoms with Crippen LogP contribution in [0.3, 0.4) is 0 Å². The highest BCUT2D eigenvalue weighted by molar-refractivity contribution is 8.00. The summed E-state index contributed by atoms with van der Waals surface area (Å²) in [6, 6.07) is 0. The van der Waals surface area contributed by atoms with Gasteiger partial charge >= 0.3 is 5.97 Å². The molecule has 1 aliphatic rings. The molecule has 3 atom stereocenters. The van der Waals surface area contributed by atoms with Gasteiger partial charge in [-0.05, 0) is 31.3 Å². The van der Waals surface area contributed by atoms with Crippen molar-refractivity contribution in [1.82, 2.24) is 0 Å². The van der Waals surface area contributed by atoms with Crippen molar-refractivity contribution in [3.63, 3.8) is 0 Å². The van der Waals surface area contributed by atoms with Gasteiger partial charge in [0.25, 0.3) is 0 Å². The quantitative estimate of drug-likeness (QED) is 0.177. The minimum atomic E-state index is -0.472. The molecule has 1 rings (SSSR count). The molecule has 0 aromatic rings. The normalized spacial score (nSPS) is 21.9. The van der Waals surface area contributed by atoms with Crippen molar-refractivity contribution in [3.05, 3.63) is 23.8 Å². The van der Waals surface area contributed by atoms with E-state index in [9.17, 15) is 14.7 Å². The highest BCUT2D eigenvalue weighted by Gasteiger charge is 2.36. The van der Waals surface area contributed by atoms with E-state index in [1.807, 2.05) is 18.2 Å². The molecule has 0 radical (unpaired) electrons. The van der Waals surface area contributed by atoms with E-state index in [0.717, 1.165) is 56.9 Å². The van der Waals surface area contributed by atoms with Crippen LogP contribution in [0.1, 0.15) is 71.1 Å². The van der Waals surface area contributed by atoms with Crippen LogP contribution in [-0.2, 0) is 14.3 Å². The van der Waals surface area contributed by atoms with E-state index in [0.29, 0.717) is 18.6 Å². The van der Waals surface area contributed by atoms with Crippen molar-refractivity contribution in [2.45, 2.75) is 82.5 Å². The van der Waals surface area contributed by atoms with Gasteiger partial charge in [-0.3, -0.25) is 9.59 Å². The van der Waals surface area contributed by atoms with Gasteiger partial charge in [0, 0.05) is 29.8 Å². The summed E-state index contributed by atoms with van der Waals surface area (Å²) in [4.78, 5) is 23.7. The number of carbonyl (C=O) groups excluding carboxylic acids is 2. The van der Waals surface area contributed by atoms with Gasteiger partial charge in [0.05, 0.1) is 19.8 Å². The molecular weight excluding hydrogens is 388 g/mol. The van der Waals surface area contributed by atoms with E-state index in [4.69, 9.17) is 5.11 Å². The average molecular weight is 427 g/mol. The van der Waals surface area contributed by atoms with Crippen LogP contribution in [0.5, 0.6) is 0 Å². The van der Waals surface area contributed by atoms with E-state index < -0.39 is 6.10 Å². The number of hydrogen-bond donors (Lipinski definition) is 2. The summed E-state index contributed by atoms with van der Waals surface area (Å²) >= 11 is 1.63. The molecule has 0 unspecified atom stereocenters. The Labute approximate surface area is 180 Å². The Balaban J connectivity index is 2.65. The van der Waals surface area contributed by atoms with Crippen LogP contribution < -0.4 is 0 Å². The van der Waals surface area contributed by atoms with Crippen LogP contribution in [0.25, 0.3) is 0 Å². The van der Waals surface area contributed by atoms with Crippen molar-refractivity contribution in [2.24, 2.45) is 5.92 Å². The van der Waals surface area contributed by atoms with Gasteiger partial charge in [-0.2, -0.15) is 11.8 Å². The van der Waals surface area contributed by atoms with Gasteiger partial charge in [-0.15, -0.1) is 0 Å². The van der Waals surface area contributed by atoms with E-state index in [-0.39, 0.29) is 29.5 Å². The van der Waals surface area contributed by atoms with Gasteiger partial charge in [0.15, 0.2) is 5.78 Å². The number of thioether (sulfide) groups is 1. The molecule has 6 heteroatoms. The zero-order valence-electron chi connectivity index (χ0n) is 18.0. The average Bonchev–Trinajstić information content (AvgIpc) is 3.01. The van der Waals surface area contributed by atoms with Crippen LogP contribution >= 0.6 is 11.8 Å². The molecule has 0 heterocycles. The van der Waals surface area contributed by atoms with Gasteiger partial charge < -0.3 is 14.9 Å². The topological polar surface area (TPSA) is 83.8 Å². The highest BCUT2D eigenvalue weighted by atomic mass is 32.2. The summed E-state index contributed by atoms with van der Waals surface area (Å²) in [6.45, 7) is 2.24. The number of carbonyl (C=O) groups is 2. The third-order valence-corrected chi connectivity index (χ3v) is 6.52. The number of ether oxygens (including phenoxy) is 1. The second-order valence-electron chi connectivity index (χ2n) is 7.57. The van der Waals surface area contributed by atoms with Crippen molar-refractivity contribution >= 4 is 23.5 Å². The van der Waals surface area contributed by atoms with Gasteiger partial charge in [-0.25, -0.2) is 0 Å². The zero-order chi connectivity index (χ0) is 21.5. The van der Waals surface area contributed by atoms with Gasteiger partial charge in [-0.1, -0.05) is 50.8 Å². The number of Topliss-reactive ketones (excluding diaryl/α,β-unsaturated/α-hetero) is 1. The molecule has 2 N–H and O–H groups in total. The fourth-order valence-corrected chi connectivity index (χ4v) is 4.68. The standard InChI is InChI=1S/C23H38O5S/c1-3-4-7-10-18(25)13-14-20-19(21(26)17-22(20)29-16-15-24)11-8-5-6-9-12-23(27)28-2/h11,13-14,18,20,22,24-25H,3-10,12,15-17H2,1-2H3/b14-13+,19-11-/t18-,20+,22+/m0/s1. The third kappa shape index (κ3) is 10.5. The monoisotopic (exact) mass is 426 g/mol. The number of esters is 1. The minimum Gasteiger partial charge on any atom is -0.469 e. The number of unbranched alkanes of at least 4 members (excludes halogenated alkanes) is 5. The van der Waals surface area contributed by atoms with E-state index in [2.05, 4.69) is 11.7 Å². The maximum atomic E-state index is 12.6. The molecule has 0 amide bonds. The summed E-state index contributed by atoms with van der Waals surface area (Å²) in [5.74, 6) is 0.600. The predicted octanol–water partition coefficient (Wildman–Crippen LogP) is 4.22. The lowest BCUT2D eigenvalue weighted by molar-refractivity contribution is -0.140. The fourth-order valence-electron chi connectivity index (χ4n) is 3.56. The molecule has 0 bridgehead atoms. The first-order valence-electron chi connectivity index (χ1n) is 10.9. The lowest BCUT2D eigenvalue weighted by Gasteiger charge is -2.16. The Morgan fingerprint density at radius 1 is 1.28 bits per heavy atom. The highest BCUT2D eigenvalue weighted by Crippen LogP contribution is 2.38. The second kappa shape index (κ2) is 15.7. The Kier molecular flexibility index (Phi) is 14.0. The Hall–Kier alpha value is -1.11. The Bertz CT molecular complexity index is 543. The number of hydrogen-bond acceptors (Lipinski definition) is 6. The smallest absolute Gasteiger partial charge is 0.305 e. The molecule has 1 aliphatic carbocycles. The zero-order valence-corrected chi connectivity index (χ0v) is 18.8. The molecular formula is C23H38O5S. The first kappa shape index (κ1) is 25.9. The second-order valence-corrected chi connectivity index (χ2v) is 8.92. The van der Waals surface area contributed by atoms with E-state index in [1.54, 1.807) is 11.8 Å². The number of allylic oxidation sites excluding steroid dienone is 3. The molecule has 1 saturated carbocycles. The molecule has 0 aromatic carbocycles. The van der Waals surface area contributed by atoms with Gasteiger partial charge in [0.2, 0.25) is 0 Å². The van der Waals surface area contributed by atoms with Crippen molar-refractivity contribution in [2.75, 3.05) is 19.5 Å². The first-order chi connectivity index (χ1) is 14.0. The number of rotatable bonds is 15. The molecule has 0 saturated heterocycles. The maximum absolute atomic E-state index is 12.6. The Morgan fingerprint density at radius 2 is 2.07 bits per heavy atom. The van der Waals surface area contributed by atoms with E-state index >= 15 is 0 Å². The lowest BCUT2D eigenvalue weighted by Crippen LogP contribution is -2.12. The molecule has 166 valence electrons. The predicted molar refractivity (Wildman–Crippen MR) is 119 cm³/mol. The van der Waals surface area contributed by atoms with Crippen LogP contribution in [0.2, 0.25) is 0 Å². The Morgan fingerprint density at radius 3 is 2.76 bits per heavy atom. The molecule has 5 nitrogen and oxygen atoms in total. The van der Waals surface area contributed by atoms with Crippen molar-refractivity contribution < 1.29 is 24.5 Å². The molecule has 29 heavy (non-hydrogen) atoms. The minimum absolute atomic E-state index is 0.00468. The van der Waals surface area contributed by atoms with Crippen LogP contribution in [0, 0.1) is 5.92 Å². The maximum Gasteiger partial charge on any atom is 0.305 e. The molecule has 1 fully saturated rings. The van der Waals surface area contributed by atoms with E-state index in [1.165, 1.54) is 7.11 Å². The van der Waals surface area contributed by atoms with Gasteiger partial charge in [0.1, 0.15) is 0 Å². The molecule has 0 aliphatic heterocycles. The van der Waals surface area contributed by atoms with Crippen molar-refractivity contribution in [3.8, 4) is 0 Å². The van der Waals surface area contributed by atoms with Crippen LogP contribution in [0.4, 0.5) is 0 Å². The summed E-state index contributed by atoms with van der Waals surface area (Å²) in [6.07, 6.45) is 13.8. The lowest BCUT2D eigenvalue weighted by atomic mass is 9.98. The van der Waals surface area contributed by atoms with Crippen molar-refractivity contribution in [1.29, 1.82) is 0 Å². The van der Waals surface area contributed by atoms with Crippen LogP contribution in [0.15, 0.2) is 23.8 Å². The SMILES string of the molecule is CCCCC[C@H](O)/C=C/[C@@H]1/C(=C/CCCCCC(=O)OC)C(=O)C[C@H]1SCCO. The summed E-state index contributed by atoms with van der Waals surface area (Å²) in [5, 5.41) is 19.5. The summed E-state index contributed by atoms with van der Waals surface area (Å²) in [5.41, 5.74) is 0.838. The summed E-state index contributed by atoms with van der Waals surface area (Å²) in [7, 11) is 1.40. The molecule has 0 aromatic heterocycles. The fraction of sp³-hybridized carbons (Fsp3) is 0.739. The summed E-state index contributed by atoms with van der Waals surface area (Å²) < 4.78 is 4.64. The number of methoxy groups -OCH3 is 1. The first-order valence-corrected chi connectivity index (χ1v) is 12.0. The number of aliphatic hydroxyl groups is 2. The third-order valence-electron chi connectivity index (χ3n) is 5.21. The molecule has 0 spiro atoms. The number of aliphatic hydroxyl groups excluding tert-OH is 2. The largest absolute Gasteiger partial charge is 0.469 e. The number of ketones is 1. The van der Waals surface area contributed by atoms with Crippen LogP contribution in [-0.4, -0.2) is 52.8 Å².